The summed E-state index contributed by atoms with van der Waals surface area (Å²) < 4.78 is 5.67. The van der Waals surface area contributed by atoms with Crippen molar-refractivity contribution in [2.75, 3.05) is 25.5 Å². The average Bonchev–Trinajstić information content (AvgIpc) is 2.56. The van der Waals surface area contributed by atoms with E-state index in [-0.39, 0.29) is 11.9 Å². The van der Waals surface area contributed by atoms with Gasteiger partial charge in [-0.2, -0.15) is 0 Å². The van der Waals surface area contributed by atoms with Gasteiger partial charge in [0.1, 0.15) is 18.9 Å². The quantitative estimate of drug-likeness (QED) is 0.815. The zero-order chi connectivity index (χ0) is 15.8. The lowest BCUT2D eigenvalue weighted by Crippen LogP contribution is -3.14. The third-order valence-electron chi connectivity index (χ3n) is 3.68. The second kappa shape index (κ2) is 8.20. The van der Waals surface area contributed by atoms with Gasteiger partial charge in [-0.25, -0.2) is 0 Å². The van der Waals surface area contributed by atoms with Crippen molar-refractivity contribution in [1.29, 1.82) is 0 Å². The van der Waals surface area contributed by atoms with Crippen LogP contribution in [-0.2, 0) is 4.79 Å². The van der Waals surface area contributed by atoms with Gasteiger partial charge >= 0.3 is 0 Å². The molecule has 2 aromatic carbocycles. The van der Waals surface area contributed by atoms with Crippen molar-refractivity contribution in [1.82, 2.24) is 0 Å². The summed E-state index contributed by atoms with van der Waals surface area (Å²) in [7, 11) is 2.00. The fraction of sp³-hybridized carbons (Fsp3) is 0.278. The number of benzene rings is 2. The summed E-state index contributed by atoms with van der Waals surface area (Å²) in [5, 5.41) is 2.93. The summed E-state index contributed by atoms with van der Waals surface area (Å²) in [6, 6.07) is 19.1. The first-order chi connectivity index (χ1) is 10.7. The van der Waals surface area contributed by atoms with Crippen LogP contribution in [0.25, 0.3) is 0 Å². The van der Waals surface area contributed by atoms with E-state index < -0.39 is 0 Å². The third kappa shape index (κ3) is 4.90. The number of quaternary nitrogens is 1. The van der Waals surface area contributed by atoms with E-state index in [1.165, 1.54) is 0 Å². The minimum absolute atomic E-state index is 0.0170. The highest BCUT2D eigenvalue weighted by atomic mass is 16.5. The molecule has 0 aliphatic carbocycles. The number of carbonyl (C=O) groups is 1. The Morgan fingerprint density at radius 1 is 1.09 bits per heavy atom. The topological polar surface area (TPSA) is 42.8 Å². The highest BCUT2D eigenvalue weighted by Gasteiger charge is 2.21. The number of carbonyl (C=O) groups excluding carboxylic acids is 1. The standard InChI is InChI=1S/C18H22N2O2/c1-15(18(21)19-16-9-5-3-6-10-16)20(2)13-14-22-17-11-7-4-8-12-17/h3-12,15H,13-14H2,1-2H3,(H,19,21)/p+1/t15-/m0/s1. The molecule has 0 heterocycles. The maximum Gasteiger partial charge on any atom is 0.282 e. The van der Waals surface area contributed by atoms with Crippen molar-refractivity contribution in [3.05, 3.63) is 60.7 Å². The van der Waals surface area contributed by atoms with E-state index >= 15 is 0 Å². The molecule has 2 aromatic rings. The fourth-order valence-corrected chi connectivity index (χ4v) is 2.06. The molecular formula is C18H23N2O2+. The van der Waals surface area contributed by atoms with Crippen LogP contribution in [-0.4, -0.2) is 32.1 Å². The number of nitrogens with one attached hydrogen (secondary N) is 2. The SMILES string of the molecule is C[C@@H](C(=O)Nc1ccccc1)[NH+](C)CCOc1ccccc1. The molecular weight excluding hydrogens is 276 g/mol. The van der Waals surface area contributed by atoms with Crippen molar-refractivity contribution < 1.29 is 14.4 Å². The van der Waals surface area contributed by atoms with Gasteiger partial charge in [0, 0.05) is 5.69 Å². The molecule has 0 spiro atoms. The number of ether oxygens (including phenoxy) is 1. The smallest absolute Gasteiger partial charge is 0.282 e. The van der Waals surface area contributed by atoms with Crippen LogP contribution in [0, 0.1) is 0 Å². The lowest BCUT2D eigenvalue weighted by Gasteiger charge is -2.21. The molecule has 0 saturated heterocycles. The van der Waals surface area contributed by atoms with E-state index in [1.54, 1.807) is 0 Å². The van der Waals surface area contributed by atoms with Crippen molar-refractivity contribution >= 4 is 11.6 Å². The largest absolute Gasteiger partial charge is 0.488 e. The summed E-state index contributed by atoms with van der Waals surface area (Å²) in [5.74, 6) is 0.875. The maximum atomic E-state index is 12.2. The van der Waals surface area contributed by atoms with Crippen LogP contribution in [0.5, 0.6) is 5.75 Å². The zero-order valence-electron chi connectivity index (χ0n) is 13.1. The second-order valence-corrected chi connectivity index (χ2v) is 5.33. The number of rotatable bonds is 7. The summed E-state index contributed by atoms with van der Waals surface area (Å²) in [6.07, 6.45) is 0. The molecule has 0 bridgehead atoms. The number of hydrogen-bond donors (Lipinski definition) is 2. The minimum atomic E-state index is -0.139. The van der Waals surface area contributed by atoms with E-state index in [4.69, 9.17) is 4.74 Å². The van der Waals surface area contributed by atoms with Gasteiger partial charge in [0.05, 0.1) is 7.05 Å². The van der Waals surface area contributed by atoms with E-state index in [2.05, 4.69) is 5.32 Å². The minimum Gasteiger partial charge on any atom is -0.488 e. The molecule has 1 unspecified atom stereocenters. The predicted molar refractivity (Wildman–Crippen MR) is 88.2 cm³/mol. The molecule has 4 nitrogen and oxygen atoms in total. The Hall–Kier alpha value is -2.33. The van der Waals surface area contributed by atoms with Gasteiger partial charge < -0.3 is 15.0 Å². The normalized spacial score (nSPS) is 13.2. The molecule has 0 aromatic heterocycles. The van der Waals surface area contributed by atoms with Gasteiger partial charge in [-0.15, -0.1) is 0 Å². The molecule has 0 aliphatic heterocycles. The van der Waals surface area contributed by atoms with Gasteiger partial charge in [-0.3, -0.25) is 4.79 Å². The van der Waals surface area contributed by atoms with Crippen LogP contribution < -0.4 is 15.0 Å². The summed E-state index contributed by atoms with van der Waals surface area (Å²) in [6.45, 7) is 3.27. The Morgan fingerprint density at radius 3 is 2.32 bits per heavy atom. The number of anilines is 1. The van der Waals surface area contributed by atoms with Gasteiger partial charge in [0.2, 0.25) is 0 Å². The van der Waals surface area contributed by atoms with Crippen LogP contribution in [0.3, 0.4) is 0 Å². The van der Waals surface area contributed by atoms with Gasteiger partial charge in [-0.05, 0) is 31.2 Å². The molecule has 4 heteroatoms. The highest BCUT2D eigenvalue weighted by Crippen LogP contribution is 2.07. The highest BCUT2D eigenvalue weighted by molar-refractivity contribution is 5.93. The van der Waals surface area contributed by atoms with Crippen LogP contribution in [0.4, 0.5) is 5.69 Å². The summed E-state index contributed by atoms with van der Waals surface area (Å²) in [5.41, 5.74) is 0.827. The van der Waals surface area contributed by atoms with Crippen LogP contribution >= 0.6 is 0 Å². The molecule has 0 saturated carbocycles. The molecule has 0 radical (unpaired) electrons. The summed E-state index contributed by atoms with van der Waals surface area (Å²) in [4.78, 5) is 13.3. The van der Waals surface area contributed by atoms with Crippen LogP contribution in [0.2, 0.25) is 0 Å². The Morgan fingerprint density at radius 2 is 1.68 bits per heavy atom. The Balaban J connectivity index is 1.76. The average molecular weight is 299 g/mol. The molecule has 116 valence electrons. The van der Waals surface area contributed by atoms with Crippen molar-refractivity contribution in [2.45, 2.75) is 13.0 Å². The lowest BCUT2D eigenvalue weighted by atomic mass is 10.2. The Kier molecular flexibility index (Phi) is 5.98. The first kappa shape index (κ1) is 16.0. The van der Waals surface area contributed by atoms with Crippen molar-refractivity contribution in [3.63, 3.8) is 0 Å². The zero-order valence-corrected chi connectivity index (χ0v) is 13.1. The van der Waals surface area contributed by atoms with Gasteiger partial charge in [-0.1, -0.05) is 36.4 Å². The molecule has 0 aliphatic rings. The maximum absolute atomic E-state index is 12.2. The molecule has 2 atom stereocenters. The number of hydrogen-bond acceptors (Lipinski definition) is 2. The second-order valence-electron chi connectivity index (χ2n) is 5.33. The van der Waals surface area contributed by atoms with Crippen LogP contribution in [0.15, 0.2) is 60.7 Å². The number of amides is 1. The first-order valence-electron chi connectivity index (χ1n) is 7.53. The predicted octanol–water partition coefficient (Wildman–Crippen LogP) is 1.61. The fourth-order valence-electron chi connectivity index (χ4n) is 2.06. The Bertz CT molecular complexity index is 572. The van der Waals surface area contributed by atoms with Gasteiger partial charge in [0.25, 0.3) is 5.91 Å². The van der Waals surface area contributed by atoms with E-state index in [1.807, 2.05) is 74.6 Å². The molecule has 1 amide bonds. The van der Waals surface area contributed by atoms with Crippen molar-refractivity contribution in [3.8, 4) is 5.75 Å². The van der Waals surface area contributed by atoms with Crippen molar-refractivity contribution in [2.24, 2.45) is 0 Å². The lowest BCUT2D eigenvalue weighted by molar-refractivity contribution is -0.894. The molecule has 22 heavy (non-hydrogen) atoms. The molecule has 2 rings (SSSR count). The Labute approximate surface area is 131 Å². The molecule has 0 fully saturated rings. The number of para-hydroxylation sites is 2. The third-order valence-corrected chi connectivity index (χ3v) is 3.68. The van der Waals surface area contributed by atoms with E-state index in [9.17, 15) is 4.79 Å². The monoisotopic (exact) mass is 299 g/mol. The number of likely N-dealkylation sites (N-methyl/N-ethyl adjacent to an activating group) is 1. The van der Waals surface area contributed by atoms with Crippen LogP contribution in [0.1, 0.15) is 6.92 Å². The summed E-state index contributed by atoms with van der Waals surface area (Å²) >= 11 is 0. The molecule has 2 N–H and O–H groups in total. The first-order valence-corrected chi connectivity index (χ1v) is 7.53. The van der Waals surface area contributed by atoms with Gasteiger partial charge in [0.15, 0.2) is 6.04 Å². The van der Waals surface area contributed by atoms with E-state index in [0.29, 0.717) is 6.61 Å². The van der Waals surface area contributed by atoms with E-state index in [0.717, 1.165) is 22.9 Å².